The minimum atomic E-state index is -0.708. The minimum absolute atomic E-state index is 0.00351. The molecule has 8 heteroatoms. The van der Waals surface area contributed by atoms with Crippen molar-refractivity contribution in [3.8, 4) is 11.5 Å². The molecule has 2 N–H and O–H groups in total. The highest BCUT2D eigenvalue weighted by molar-refractivity contribution is 6.31. The fraction of sp³-hybridized carbons (Fsp3) is 0.381. The lowest BCUT2D eigenvalue weighted by atomic mass is 10.3. The standard InChI is InChI=1S/C21H24ClFN2O4/c1-14(26)24-20-10-15(22)2-7-21(20)28-13-17(27)11-25-9-8-19(12-25)29-18-5-3-16(23)4-6-18/h2-7,10,17,19,27H,8-9,11-13H2,1H3,(H,24,26). The SMILES string of the molecule is CC(=O)Nc1cc(Cl)ccc1OCC(O)CN1CCC(Oc2ccc(F)cc2)C1. The van der Waals surface area contributed by atoms with Crippen LogP contribution in [0.25, 0.3) is 0 Å². The molecule has 2 atom stereocenters. The Balaban J connectivity index is 1.46. The molecule has 1 heterocycles. The van der Waals surface area contributed by atoms with E-state index in [0.717, 1.165) is 13.0 Å². The van der Waals surface area contributed by atoms with Crippen LogP contribution in [-0.4, -0.2) is 54.4 Å². The lowest BCUT2D eigenvalue weighted by Crippen LogP contribution is -2.35. The van der Waals surface area contributed by atoms with Gasteiger partial charge >= 0.3 is 0 Å². The first-order valence-electron chi connectivity index (χ1n) is 9.41. The van der Waals surface area contributed by atoms with E-state index in [1.165, 1.54) is 19.1 Å². The number of hydrogen-bond acceptors (Lipinski definition) is 5. The fourth-order valence-electron chi connectivity index (χ4n) is 3.22. The summed E-state index contributed by atoms with van der Waals surface area (Å²) in [5.41, 5.74) is 0.464. The summed E-state index contributed by atoms with van der Waals surface area (Å²) in [5, 5.41) is 13.5. The summed E-state index contributed by atoms with van der Waals surface area (Å²) in [6, 6.07) is 10.9. The lowest BCUT2D eigenvalue weighted by Gasteiger charge is -2.21. The normalized spacial score (nSPS) is 17.7. The van der Waals surface area contributed by atoms with Crippen molar-refractivity contribution in [2.45, 2.75) is 25.6 Å². The first-order chi connectivity index (χ1) is 13.9. The van der Waals surface area contributed by atoms with E-state index in [2.05, 4.69) is 10.2 Å². The summed E-state index contributed by atoms with van der Waals surface area (Å²) in [4.78, 5) is 13.4. The van der Waals surface area contributed by atoms with Crippen LogP contribution in [0.15, 0.2) is 42.5 Å². The maximum atomic E-state index is 13.0. The van der Waals surface area contributed by atoms with Crippen LogP contribution in [0.1, 0.15) is 13.3 Å². The van der Waals surface area contributed by atoms with Crippen LogP contribution >= 0.6 is 11.6 Å². The number of aliphatic hydroxyl groups is 1. The Hall–Kier alpha value is -2.35. The number of halogens is 2. The number of carbonyl (C=O) groups is 1. The second-order valence-corrected chi connectivity index (χ2v) is 7.46. The van der Waals surface area contributed by atoms with E-state index >= 15 is 0 Å². The van der Waals surface area contributed by atoms with Gasteiger partial charge in [-0.2, -0.15) is 0 Å². The van der Waals surface area contributed by atoms with E-state index in [1.807, 2.05) is 0 Å². The number of amides is 1. The van der Waals surface area contributed by atoms with Crippen molar-refractivity contribution in [1.82, 2.24) is 4.90 Å². The van der Waals surface area contributed by atoms with Crippen LogP contribution in [0, 0.1) is 5.82 Å². The van der Waals surface area contributed by atoms with Gasteiger partial charge in [-0.15, -0.1) is 0 Å². The molecule has 2 aromatic carbocycles. The first kappa shape index (κ1) is 21.4. The molecule has 0 bridgehead atoms. The Morgan fingerprint density at radius 2 is 2.10 bits per heavy atom. The Morgan fingerprint density at radius 1 is 1.34 bits per heavy atom. The number of aliphatic hydroxyl groups excluding tert-OH is 1. The highest BCUT2D eigenvalue weighted by Gasteiger charge is 2.26. The number of nitrogens with zero attached hydrogens (tertiary/aromatic N) is 1. The average molecular weight is 423 g/mol. The number of anilines is 1. The van der Waals surface area contributed by atoms with E-state index in [1.54, 1.807) is 30.3 Å². The summed E-state index contributed by atoms with van der Waals surface area (Å²) < 4.78 is 24.5. The van der Waals surface area contributed by atoms with Crippen LogP contribution in [0.4, 0.5) is 10.1 Å². The number of carbonyl (C=O) groups excluding carboxylic acids is 1. The maximum absolute atomic E-state index is 13.0. The predicted molar refractivity (Wildman–Crippen MR) is 109 cm³/mol. The Morgan fingerprint density at radius 3 is 2.83 bits per heavy atom. The largest absolute Gasteiger partial charge is 0.489 e. The quantitative estimate of drug-likeness (QED) is 0.682. The van der Waals surface area contributed by atoms with Gasteiger partial charge in [-0.1, -0.05) is 11.6 Å². The molecule has 1 amide bonds. The molecule has 2 unspecified atom stereocenters. The molecule has 6 nitrogen and oxygen atoms in total. The Kier molecular flexibility index (Phi) is 7.30. The third kappa shape index (κ3) is 6.59. The molecule has 1 saturated heterocycles. The first-order valence-corrected chi connectivity index (χ1v) is 9.79. The van der Waals surface area contributed by atoms with Gasteiger partial charge < -0.3 is 19.9 Å². The van der Waals surface area contributed by atoms with Gasteiger partial charge in [-0.3, -0.25) is 9.69 Å². The second-order valence-electron chi connectivity index (χ2n) is 7.03. The molecule has 0 saturated carbocycles. The third-order valence-electron chi connectivity index (χ3n) is 4.50. The molecule has 29 heavy (non-hydrogen) atoms. The number of benzene rings is 2. The highest BCUT2D eigenvalue weighted by Crippen LogP contribution is 2.28. The number of likely N-dealkylation sites (tertiary alicyclic amines) is 1. The van der Waals surface area contributed by atoms with Crippen LogP contribution in [-0.2, 0) is 4.79 Å². The molecular weight excluding hydrogens is 399 g/mol. The van der Waals surface area contributed by atoms with Crippen molar-refractivity contribution < 1.29 is 23.8 Å². The van der Waals surface area contributed by atoms with Crippen molar-refractivity contribution in [3.05, 3.63) is 53.3 Å². The minimum Gasteiger partial charge on any atom is -0.489 e. The van der Waals surface area contributed by atoms with E-state index in [-0.39, 0.29) is 24.4 Å². The molecule has 2 aromatic rings. The number of rotatable bonds is 8. The second kappa shape index (κ2) is 9.91. The predicted octanol–water partition coefficient (Wildman–Crippen LogP) is 3.33. The number of nitrogens with one attached hydrogen (secondary N) is 1. The Labute approximate surface area is 174 Å². The lowest BCUT2D eigenvalue weighted by molar-refractivity contribution is -0.114. The van der Waals surface area contributed by atoms with Crippen LogP contribution in [0.5, 0.6) is 11.5 Å². The summed E-state index contributed by atoms with van der Waals surface area (Å²) in [6.45, 7) is 3.38. The zero-order valence-corrected chi connectivity index (χ0v) is 16.9. The van der Waals surface area contributed by atoms with Crippen molar-refractivity contribution >= 4 is 23.2 Å². The van der Waals surface area contributed by atoms with Crippen molar-refractivity contribution in [3.63, 3.8) is 0 Å². The van der Waals surface area contributed by atoms with E-state index in [0.29, 0.717) is 35.3 Å². The molecular formula is C21H24ClFN2O4. The van der Waals surface area contributed by atoms with Crippen LogP contribution < -0.4 is 14.8 Å². The van der Waals surface area contributed by atoms with E-state index in [4.69, 9.17) is 21.1 Å². The van der Waals surface area contributed by atoms with Gasteiger partial charge in [0.05, 0.1) is 5.69 Å². The van der Waals surface area contributed by atoms with Gasteiger partial charge in [-0.05, 0) is 48.9 Å². The number of hydrogen-bond donors (Lipinski definition) is 2. The fourth-order valence-corrected chi connectivity index (χ4v) is 3.39. The van der Waals surface area contributed by atoms with Crippen molar-refractivity contribution in [1.29, 1.82) is 0 Å². The molecule has 0 aromatic heterocycles. The van der Waals surface area contributed by atoms with E-state index in [9.17, 15) is 14.3 Å². The van der Waals surface area contributed by atoms with Gasteiger partial charge in [0.1, 0.15) is 36.1 Å². The summed E-state index contributed by atoms with van der Waals surface area (Å²) in [5.74, 6) is 0.552. The zero-order chi connectivity index (χ0) is 20.8. The highest BCUT2D eigenvalue weighted by atomic mass is 35.5. The smallest absolute Gasteiger partial charge is 0.221 e. The molecule has 1 aliphatic rings. The summed E-state index contributed by atoms with van der Waals surface area (Å²) in [7, 11) is 0. The molecule has 156 valence electrons. The van der Waals surface area contributed by atoms with Crippen LogP contribution in [0.2, 0.25) is 5.02 Å². The van der Waals surface area contributed by atoms with Gasteiger partial charge in [0.25, 0.3) is 0 Å². The van der Waals surface area contributed by atoms with Gasteiger partial charge in [-0.25, -0.2) is 4.39 Å². The third-order valence-corrected chi connectivity index (χ3v) is 4.73. The summed E-state index contributed by atoms with van der Waals surface area (Å²) >= 11 is 5.96. The number of ether oxygens (including phenoxy) is 2. The molecule has 1 fully saturated rings. The van der Waals surface area contributed by atoms with Crippen LogP contribution in [0.3, 0.4) is 0 Å². The molecule has 0 spiro atoms. The van der Waals surface area contributed by atoms with Crippen molar-refractivity contribution in [2.24, 2.45) is 0 Å². The average Bonchev–Trinajstić information content (AvgIpc) is 3.09. The topological polar surface area (TPSA) is 71.0 Å². The Bertz CT molecular complexity index is 834. The van der Waals surface area contributed by atoms with Crippen molar-refractivity contribution in [2.75, 3.05) is 31.6 Å². The van der Waals surface area contributed by atoms with E-state index < -0.39 is 6.10 Å². The molecule has 3 rings (SSSR count). The molecule has 0 aliphatic carbocycles. The monoisotopic (exact) mass is 422 g/mol. The zero-order valence-electron chi connectivity index (χ0n) is 16.1. The van der Waals surface area contributed by atoms with Gasteiger partial charge in [0.2, 0.25) is 5.91 Å². The molecule has 1 aliphatic heterocycles. The number of β-amino-alcohol motifs (C(OH)–C–C–N with tert-alkyl or cyclic N) is 1. The summed E-state index contributed by atoms with van der Waals surface area (Å²) in [6.07, 6.45) is 0.117. The molecule has 0 radical (unpaired) electrons. The van der Waals surface area contributed by atoms with Gasteiger partial charge in [0.15, 0.2) is 0 Å². The van der Waals surface area contributed by atoms with Gasteiger partial charge in [0, 0.05) is 31.6 Å². The maximum Gasteiger partial charge on any atom is 0.221 e.